The maximum absolute atomic E-state index is 11.5. The van der Waals surface area contributed by atoms with Gasteiger partial charge in [-0.2, -0.15) is 4.68 Å². The number of hydrogen-bond acceptors (Lipinski definition) is 7. The van der Waals surface area contributed by atoms with Gasteiger partial charge in [-0.1, -0.05) is 27.7 Å². The molecular formula is C12H10BrN7OS. The summed E-state index contributed by atoms with van der Waals surface area (Å²) < 4.78 is 2.62. The number of tetrazole rings is 1. The molecule has 0 spiro atoms. The summed E-state index contributed by atoms with van der Waals surface area (Å²) in [5, 5.41) is 19.8. The van der Waals surface area contributed by atoms with Gasteiger partial charge in [0.15, 0.2) is 11.0 Å². The molecule has 0 atom stereocenters. The van der Waals surface area contributed by atoms with Gasteiger partial charge in [0.25, 0.3) is 5.56 Å². The number of thioether (sulfide) groups is 1. The lowest BCUT2D eigenvalue weighted by atomic mass is 10.3. The van der Waals surface area contributed by atoms with Gasteiger partial charge in [-0.3, -0.25) is 9.78 Å². The minimum Gasteiger partial charge on any atom is -0.298 e. The van der Waals surface area contributed by atoms with Crippen LogP contribution in [0.2, 0.25) is 0 Å². The minimum atomic E-state index is -0.245. The van der Waals surface area contributed by atoms with Gasteiger partial charge in [0.05, 0.1) is 11.4 Å². The van der Waals surface area contributed by atoms with E-state index in [1.54, 1.807) is 11.6 Å². The van der Waals surface area contributed by atoms with Crippen molar-refractivity contribution in [2.75, 3.05) is 0 Å². The zero-order chi connectivity index (χ0) is 15.5. The predicted molar refractivity (Wildman–Crippen MR) is 83.8 cm³/mol. The van der Waals surface area contributed by atoms with E-state index in [9.17, 15) is 4.79 Å². The Kier molecular flexibility index (Phi) is 4.29. The standard InChI is InChI=1S/C12H10BrN7OS/c1-7-11(21)14-12(17-15-7)22-6-10-16-18-19-20(10)9-4-2-8(13)3-5-9/h2-5H,6H2,1H3,(H,14,17,21). The topological polar surface area (TPSA) is 102 Å². The van der Waals surface area contributed by atoms with Crippen LogP contribution in [0.4, 0.5) is 0 Å². The van der Waals surface area contributed by atoms with Gasteiger partial charge < -0.3 is 0 Å². The van der Waals surface area contributed by atoms with Gasteiger partial charge in [-0.25, -0.2) is 0 Å². The van der Waals surface area contributed by atoms with E-state index in [0.29, 0.717) is 22.4 Å². The number of aryl methyl sites for hydroxylation is 1. The Morgan fingerprint density at radius 3 is 2.73 bits per heavy atom. The molecule has 0 amide bonds. The van der Waals surface area contributed by atoms with Crippen molar-refractivity contribution in [1.29, 1.82) is 0 Å². The Balaban J connectivity index is 1.79. The summed E-state index contributed by atoms with van der Waals surface area (Å²) in [6, 6.07) is 7.64. The lowest BCUT2D eigenvalue weighted by Gasteiger charge is -2.04. The molecular weight excluding hydrogens is 370 g/mol. The van der Waals surface area contributed by atoms with Crippen LogP contribution in [0.3, 0.4) is 0 Å². The number of halogens is 1. The first-order chi connectivity index (χ1) is 10.6. The van der Waals surface area contributed by atoms with E-state index in [0.717, 1.165) is 10.2 Å². The zero-order valence-corrected chi connectivity index (χ0v) is 13.8. The summed E-state index contributed by atoms with van der Waals surface area (Å²) in [6.45, 7) is 1.61. The monoisotopic (exact) mass is 379 g/mol. The molecule has 0 saturated carbocycles. The average molecular weight is 380 g/mol. The molecule has 2 aromatic heterocycles. The van der Waals surface area contributed by atoms with Gasteiger partial charge in [-0.15, -0.1) is 15.3 Å². The van der Waals surface area contributed by atoms with Crippen LogP contribution in [-0.4, -0.2) is 35.4 Å². The molecule has 1 aromatic carbocycles. The first kappa shape index (κ1) is 14.9. The number of nitrogens with one attached hydrogen (secondary N) is 1. The van der Waals surface area contributed by atoms with E-state index in [1.165, 1.54) is 11.8 Å². The van der Waals surface area contributed by atoms with Gasteiger partial charge >= 0.3 is 0 Å². The molecule has 0 radical (unpaired) electrons. The van der Waals surface area contributed by atoms with Crippen LogP contribution in [-0.2, 0) is 5.75 Å². The number of nitrogens with zero attached hydrogens (tertiary/aromatic N) is 6. The Morgan fingerprint density at radius 1 is 1.23 bits per heavy atom. The summed E-state index contributed by atoms with van der Waals surface area (Å²) >= 11 is 4.70. The molecule has 0 bridgehead atoms. The van der Waals surface area contributed by atoms with Crippen molar-refractivity contribution in [3.05, 3.63) is 50.6 Å². The first-order valence-corrected chi connectivity index (χ1v) is 8.01. The van der Waals surface area contributed by atoms with Gasteiger partial charge in [0.1, 0.15) is 5.69 Å². The SMILES string of the molecule is Cc1nnc(SCc2nnnn2-c2ccc(Br)cc2)[nH]c1=O. The van der Waals surface area contributed by atoms with Crippen molar-refractivity contribution in [3.63, 3.8) is 0 Å². The summed E-state index contributed by atoms with van der Waals surface area (Å²) in [4.78, 5) is 14.2. The maximum Gasteiger partial charge on any atom is 0.273 e. The highest BCUT2D eigenvalue weighted by Crippen LogP contribution is 2.19. The summed E-state index contributed by atoms with van der Waals surface area (Å²) in [5.74, 6) is 1.10. The number of rotatable bonds is 4. The van der Waals surface area contributed by atoms with E-state index < -0.39 is 0 Å². The molecule has 112 valence electrons. The third-order valence-corrected chi connectivity index (χ3v) is 4.17. The number of aromatic amines is 1. The maximum atomic E-state index is 11.5. The molecule has 8 nitrogen and oxygen atoms in total. The molecule has 3 rings (SSSR count). The summed E-state index contributed by atoms with van der Waals surface area (Å²) in [5.41, 5.74) is 0.946. The van der Waals surface area contributed by atoms with Crippen molar-refractivity contribution in [2.24, 2.45) is 0 Å². The van der Waals surface area contributed by atoms with E-state index in [4.69, 9.17) is 0 Å². The molecule has 2 heterocycles. The second-order valence-corrected chi connectivity index (χ2v) is 6.20. The van der Waals surface area contributed by atoms with Crippen LogP contribution in [0, 0.1) is 6.92 Å². The summed E-state index contributed by atoms with van der Waals surface area (Å²) in [6.07, 6.45) is 0. The number of benzene rings is 1. The van der Waals surface area contributed by atoms with E-state index >= 15 is 0 Å². The molecule has 0 unspecified atom stereocenters. The summed E-state index contributed by atoms with van der Waals surface area (Å²) in [7, 11) is 0. The number of H-pyrrole nitrogens is 1. The highest BCUT2D eigenvalue weighted by Gasteiger charge is 2.10. The molecule has 3 aromatic rings. The second kappa shape index (κ2) is 6.36. The molecule has 0 aliphatic heterocycles. The molecule has 0 saturated heterocycles. The normalized spacial score (nSPS) is 10.8. The largest absolute Gasteiger partial charge is 0.298 e. The molecule has 22 heavy (non-hydrogen) atoms. The second-order valence-electron chi connectivity index (χ2n) is 4.32. The van der Waals surface area contributed by atoms with E-state index in [1.807, 2.05) is 24.3 Å². The first-order valence-electron chi connectivity index (χ1n) is 6.23. The zero-order valence-electron chi connectivity index (χ0n) is 11.4. The van der Waals surface area contributed by atoms with Gasteiger partial charge in [0, 0.05) is 4.47 Å². The van der Waals surface area contributed by atoms with Crippen molar-refractivity contribution in [2.45, 2.75) is 17.8 Å². The number of aromatic nitrogens is 7. The Labute approximate surface area is 137 Å². The Bertz CT molecular complexity index is 845. The molecule has 0 aliphatic rings. The van der Waals surface area contributed by atoms with Crippen LogP contribution in [0.15, 0.2) is 38.7 Å². The van der Waals surface area contributed by atoms with E-state index in [-0.39, 0.29) is 5.56 Å². The van der Waals surface area contributed by atoms with Crippen LogP contribution in [0.5, 0.6) is 0 Å². The van der Waals surface area contributed by atoms with Gasteiger partial charge in [0.2, 0.25) is 0 Å². The van der Waals surface area contributed by atoms with E-state index in [2.05, 4.69) is 46.6 Å². The fourth-order valence-corrected chi connectivity index (χ4v) is 2.63. The quantitative estimate of drug-likeness (QED) is 0.685. The Morgan fingerprint density at radius 2 is 2.00 bits per heavy atom. The van der Waals surface area contributed by atoms with Gasteiger partial charge in [-0.05, 0) is 41.6 Å². The third-order valence-electron chi connectivity index (χ3n) is 2.78. The van der Waals surface area contributed by atoms with Crippen molar-refractivity contribution in [3.8, 4) is 5.69 Å². The lowest BCUT2D eigenvalue weighted by molar-refractivity contribution is 0.774. The highest BCUT2D eigenvalue weighted by atomic mass is 79.9. The van der Waals surface area contributed by atoms with Crippen molar-refractivity contribution < 1.29 is 0 Å². The highest BCUT2D eigenvalue weighted by molar-refractivity contribution is 9.10. The third kappa shape index (κ3) is 3.22. The average Bonchev–Trinajstić information content (AvgIpc) is 2.98. The molecule has 0 aliphatic carbocycles. The fraction of sp³-hybridized carbons (Fsp3) is 0.167. The van der Waals surface area contributed by atoms with Crippen LogP contribution in [0.1, 0.15) is 11.5 Å². The molecule has 10 heteroatoms. The van der Waals surface area contributed by atoms with Crippen molar-refractivity contribution >= 4 is 27.7 Å². The smallest absolute Gasteiger partial charge is 0.273 e. The Hall–Kier alpha value is -2.07. The van der Waals surface area contributed by atoms with Crippen LogP contribution >= 0.6 is 27.7 Å². The lowest BCUT2D eigenvalue weighted by Crippen LogP contribution is -2.14. The van der Waals surface area contributed by atoms with Crippen molar-refractivity contribution in [1.82, 2.24) is 35.4 Å². The minimum absolute atomic E-state index is 0.245. The molecule has 1 N–H and O–H groups in total. The van der Waals surface area contributed by atoms with Crippen LogP contribution in [0.25, 0.3) is 5.69 Å². The van der Waals surface area contributed by atoms with Crippen LogP contribution < -0.4 is 5.56 Å². The molecule has 0 fully saturated rings. The predicted octanol–water partition coefficient (Wildman–Crippen LogP) is 1.50. The number of hydrogen-bond donors (Lipinski definition) is 1. The fourth-order valence-electron chi connectivity index (χ4n) is 1.65.